The molecule has 0 spiro atoms. The Balaban J connectivity index is 1.75. The molecule has 3 aromatic carbocycles. The van der Waals surface area contributed by atoms with Crippen LogP contribution in [-0.2, 0) is 6.54 Å². The fraction of sp³-hybridized carbons (Fsp3) is 0.273. The van der Waals surface area contributed by atoms with Crippen molar-refractivity contribution in [3.63, 3.8) is 0 Å². The van der Waals surface area contributed by atoms with Crippen molar-refractivity contribution in [3.05, 3.63) is 83.8 Å². The van der Waals surface area contributed by atoms with Gasteiger partial charge < -0.3 is 14.3 Å². The van der Waals surface area contributed by atoms with E-state index in [9.17, 15) is 14.0 Å². The second kappa shape index (κ2) is 10.2. The summed E-state index contributed by atoms with van der Waals surface area (Å²) in [6, 6.07) is 17.6. The van der Waals surface area contributed by atoms with E-state index in [2.05, 4.69) is 37.6 Å². The molecule has 5 nitrogen and oxygen atoms in total. The fourth-order valence-electron chi connectivity index (χ4n) is 5.08. The molecule has 0 atom stereocenters. The number of ketones is 1. The number of benzene rings is 3. The van der Waals surface area contributed by atoms with Crippen molar-refractivity contribution in [1.82, 2.24) is 9.88 Å². The molecule has 1 N–H and O–H groups in total. The number of Topliss-reactive ketones (excluding diaryl/α,β-unsaturated/α-hetero) is 1. The lowest BCUT2D eigenvalue weighted by Gasteiger charge is -2.17. The smallest absolute Gasteiger partial charge is 0.255 e. The van der Waals surface area contributed by atoms with Crippen LogP contribution in [0.1, 0.15) is 61.3 Å². The zero-order chi connectivity index (χ0) is 27.9. The van der Waals surface area contributed by atoms with Crippen LogP contribution in [-0.4, -0.2) is 23.3 Å². The summed E-state index contributed by atoms with van der Waals surface area (Å²) in [5.74, 6) is -0.154. The molecule has 5 aromatic rings. The van der Waals surface area contributed by atoms with E-state index in [-0.39, 0.29) is 22.9 Å². The Hall–Kier alpha value is -4.19. The van der Waals surface area contributed by atoms with Gasteiger partial charge in [-0.15, -0.1) is 0 Å². The van der Waals surface area contributed by atoms with Crippen molar-refractivity contribution in [2.24, 2.45) is 5.41 Å². The van der Waals surface area contributed by atoms with Crippen molar-refractivity contribution in [1.29, 1.82) is 0 Å². The summed E-state index contributed by atoms with van der Waals surface area (Å²) in [5, 5.41) is 4.26. The number of fused-ring (bicyclic) bond motifs is 3. The first kappa shape index (κ1) is 26.4. The standard InChI is InChI=1S/C33H33FN2O3/c1-6-36-17-15-24-29(36)25(21-8-7-9-22(18-21)27(37)14-16-33(2,3)4)19-26-28(32(38)35-5)30(39-31(24)26)20-10-12-23(34)13-11-20/h7-13,15,17-19H,6,14,16H2,1-5H3,(H,35,38). The van der Waals surface area contributed by atoms with Crippen LogP contribution in [0.4, 0.5) is 4.39 Å². The summed E-state index contributed by atoms with van der Waals surface area (Å²) in [6.07, 6.45) is 3.30. The highest BCUT2D eigenvalue weighted by Crippen LogP contribution is 2.42. The second-order valence-electron chi connectivity index (χ2n) is 11.1. The van der Waals surface area contributed by atoms with E-state index in [1.807, 2.05) is 42.6 Å². The topological polar surface area (TPSA) is 64.2 Å². The van der Waals surface area contributed by atoms with Gasteiger partial charge in [0.25, 0.3) is 5.91 Å². The maximum absolute atomic E-state index is 13.7. The molecule has 0 saturated carbocycles. The number of amides is 1. The summed E-state index contributed by atoms with van der Waals surface area (Å²) in [4.78, 5) is 26.3. The molecule has 5 rings (SSSR count). The second-order valence-corrected chi connectivity index (χ2v) is 11.1. The molecule has 0 bridgehead atoms. The molecule has 0 radical (unpaired) electrons. The van der Waals surface area contributed by atoms with Gasteiger partial charge in [-0.2, -0.15) is 0 Å². The minimum atomic E-state index is -0.363. The van der Waals surface area contributed by atoms with Gasteiger partial charge in [0.15, 0.2) is 5.78 Å². The Morgan fingerprint density at radius 1 is 0.974 bits per heavy atom. The van der Waals surface area contributed by atoms with Gasteiger partial charge in [0.1, 0.15) is 17.2 Å². The van der Waals surface area contributed by atoms with Crippen molar-refractivity contribution in [2.75, 3.05) is 7.05 Å². The summed E-state index contributed by atoms with van der Waals surface area (Å²) in [6.45, 7) is 9.21. The zero-order valence-electron chi connectivity index (χ0n) is 23.0. The highest BCUT2D eigenvalue weighted by Gasteiger charge is 2.26. The predicted octanol–water partition coefficient (Wildman–Crippen LogP) is 8.25. The molecule has 0 fully saturated rings. The van der Waals surface area contributed by atoms with Gasteiger partial charge in [-0.3, -0.25) is 9.59 Å². The van der Waals surface area contributed by atoms with E-state index in [0.29, 0.717) is 39.8 Å². The van der Waals surface area contributed by atoms with E-state index in [0.717, 1.165) is 35.0 Å². The van der Waals surface area contributed by atoms with Crippen LogP contribution in [0.3, 0.4) is 0 Å². The first-order valence-electron chi connectivity index (χ1n) is 13.3. The lowest BCUT2D eigenvalue weighted by Crippen LogP contribution is -2.18. The van der Waals surface area contributed by atoms with Gasteiger partial charge in [0.2, 0.25) is 0 Å². The number of furan rings is 1. The zero-order valence-corrected chi connectivity index (χ0v) is 23.0. The van der Waals surface area contributed by atoms with E-state index >= 15 is 0 Å². The third-order valence-corrected chi connectivity index (χ3v) is 7.20. The van der Waals surface area contributed by atoms with E-state index in [1.54, 1.807) is 19.2 Å². The fourth-order valence-corrected chi connectivity index (χ4v) is 5.08. The third-order valence-electron chi connectivity index (χ3n) is 7.20. The number of hydrogen-bond donors (Lipinski definition) is 1. The van der Waals surface area contributed by atoms with Gasteiger partial charge in [-0.25, -0.2) is 4.39 Å². The van der Waals surface area contributed by atoms with Crippen molar-refractivity contribution >= 4 is 33.6 Å². The van der Waals surface area contributed by atoms with Crippen molar-refractivity contribution in [2.45, 2.75) is 47.1 Å². The number of aryl methyl sites for hydroxylation is 1. The summed E-state index contributed by atoms with van der Waals surface area (Å²) >= 11 is 0. The lowest BCUT2D eigenvalue weighted by molar-refractivity contribution is 0.0957. The Morgan fingerprint density at radius 2 is 1.72 bits per heavy atom. The first-order chi connectivity index (χ1) is 18.6. The number of nitrogens with one attached hydrogen (secondary N) is 1. The van der Waals surface area contributed by atoms with Crippen molar-refractivity contribution < 1.29 is 18.4 Å². The van der Waals surface area contributed by atoms with E-state index in [4.69, 9.17) is 4.42 Å². The monoisotopic (exact) mass is 524 g/mol. The molecule has 0 aliphatic rings. The summed E-state index contributed by atoms with van der Waals surface area (Å²) in [5.41, 5.74) is 5.11. The quantitative estimate of drug-likeness (QED) is 0.218. The van der Waals surface area contributed by atoms with Crippen LogP contribution < -0.4 is 5.32 Å². The number of carbonyl (C=O) groups excluding carboxylic acids is 2. The number of halogens is 1. The third kappa shape index (κ3) is 4.99. The van der Waals surface area contributed by atoms with Crippen LogP contribution in [0, 0.1) is 11.2 Å². The number of aromatic nitrogens is 1. The minimum absolute atomic E-state index is 0.0756. The van der Waals surface area contributed by atoms with Crippen LogP contribution in [0.25, 0.3) is 44.3 Å². The molecule has 0 saturated heterocycles. The van der Waals surface area contributed by atoms with E-state index < -0.39 is 0 Å². The Bertz CT molecular complexity index is 1700. The molecule has 0 aliphatic carbocycles. The highest BCUT2D eigenvalue weighted by atomic mass is 19.1. The Kier molecular flexibility index (Phi) is 6.89. The van der Waals surface area contributed by atoms with Crippen molar-refractivity contribution in [3.8, 4) is 22.5 Å². The molecular weight excluding hydrogens is 491 g/mol. The average molecular weight is 525 g/mol. The molecule has 2 aromatic heterocycles. The number of rotatable bonds is 7. The first-order valence-corrected chi connectivity index (χ1v) is 13.3. The van der Waals surface area contributed by atoms with E-state index in [1.165, 1.54) is 12.1 Å². The minimum Gasteiger partial charge on any atom is -0.454 e. The normalized spacial score (nSPS) is 11.8. The Labute approximate surface area is 227 Å². The van der Waals surface area contributed by atoms with Crippen LogP contribution in [0.2, 0.25) is 0 Å². The molecule has 39 heavy (non-hydrogen) atoms. The van der Waals surface area contributed by atoms with Crippen LogP contribution in [0.15, 0.2) is 71.3 Å². The summed E-state index contributed by atoms with van der Waals surface area (Å²) in [7, 11) is 1.58. The number of hydrogen-bond acceptors (Lipinski definition) is 3. The SMILES string of the molecule is CCn1ccc2c3oc(-c4ccc(F)cc4)c(C(=O)NC)c3cc(-c3cccc(C(=O)CCC(C)(C)C)c3)c21. The average Bonchev–Trinajstić information content (AvgIpc) is 3.52. The maximum atomic E-state index is 13.7. The van der Waals surface area contributed by atoms with Crippen LogP contribution in [0.5, 0.6) is 0 Å². The van der Waals surface area contributed by atoms with Gasteiger partial charge in [-0.05, 0) is 66.8 Å². The molecular formula is C33H33FN2O3. The molecule has 0 unspecified atom stereocenters. The number of carbonyl (C=O) groups is 2. The largest absolute Gasteiger partial charge is 0.454 e. The highest BCUT2D eigenvalue weighted by molar-refractivity contribution is 6.19. The Morgan fingerprint density at radius 3 is 2.38 bits per heavy atom. The number of nitrogens with zero attached hydrogens (tertiary/aromatic N) is 1. The molecule has 200 valence electrons. The van der Waals surface area contributed by atoms with Gasteiger partial charge in [0, 0.05) is 53.7 Å². The molecule has 0 aliphatic heterocycles. The predicted molar refractivity (Wildman–Crippen MR) is 155 cm³/mol. The van der Waals surface area contributed by atoms with Gasteiger partial charge >= 0.3 is 0 Å². The van der Waals surface area contributed by atoms with Gasteiger partial charge in [0.05, 0.1) is 11.1 Å². The molecule has 1 amide bonds. The van der Waals surface area contributed by atoms with Gasteiger partial charge in [-0.1, -0.05) is 39.0 Å². The lowest BCUT2D eigenvalue weighted by atomic mass is 9.88. The molecule has 2 heterocycles. The maximum Gasteiger partial charge on any atom is 0.255 e. The van der Waals surface area contributed by atoms with Crippen LogP contribution >= 0.6 is 0 Å². The summed E-state index contributed by atoms with van der Waals surface area (Å²) < 4.78 is 22.2. The molecule has 6 heteroatoms.